The normalized spacial score (nSPS) is 22.8. The molecule has 0 bridgehead atoms. The number of aromatic nitrogens is 3. The monoisotopic (exact) mass is 398 g/mol. The lowest BCUT2D eigenvalue weighted by atomic mass is 10.1. The molecule has 1 unspecified atom stereocenters. The molecule has 6 nitrogen and oxygen atoms in total. The summed E-state index contributed by atoms with van der Waals surface area (Å²) in [5, 5.41) is 19.3. The molecule has 0 saturated heterocycles. The van der Waals surface area contributed by atoms with E-state index in [0.717, 1.165) is 36.2 Å². The Morgan fingerprint density at radius 2 is 2.12 bits per heavy atom. The van der Waals surface area contributed by atoms with Crippen molar-refractivity contribution in [1.82, 2.24) is 20.1 Å². The van der Waals surface area contributed by atoms with Gasteiger partial charge in [-0.2, -0.15) is 5.10 Å². The minimum absolute atomic E-state index is 0.0331. The molecular weight excluding hydrogens is 375 g/mol. The third kappa shape index (κ3) is 4.14. The second kappa shape index (κ2) is 8.13. The standard InChI is InChI=1S/C18H24Cl2N4O2/c1-10-14(11(2)23-18(26-3)17(10)20)7-21-15-4-12(5-16(15)25)8-24-9-13(19)6-22-24/h6,9,12,15-16,21,25H,4-5,7-8H2,1-3H3/t12?,15-,16-/m1/s1. The molecule has 2 N–H and O–H groups in total. The van der Waals surface area contributed by atoms with Gasteiger partial charge in [-0.15, -0.1) is 0 Å². The lowest BCUT2D eigenvalue weighted by Crippen LogP contribution is -2.35. The highest BCUT2D eigenvalue weighted by atomic mass is 35.5. The molecule has 2 aromatic rings. The van der Waals surface area contributed by atoms with Crippen molar-refractivity contribution in [1.29, 1.82) is 0 Å². The summed E-state index contributed by atoms with van der Waals surface area (Å²) in [5.74, 6) is 0.808. The van der Waals surface area contributed by atoms with E-state index in [4.69, 9.17) is 27.9 Å². The summed E-state index contributed by atoms with van der Waals surface area (Å²) in [6.45, 7) is 5.27. The zero-order valence-corrected chi connectivity index (χ0v) is 16.7. The van der Waals surface area contributed by atoms with Crippen LogP contribution in [0.15, 0.2) is 12.4 Å². The number of rotatable bonds is 6. The Kier molecular flexibility index (Phi) is 6.07. The highest BCUT2D eigenvalue weighted by Crippen LogP contribution is 2.31. The Balaban J connectivity index is 1.62. The largest absolute Gasteiger partial charge is 0.480 e. The number of aliphatic hydroxyl groups excluding tert-OH is 1. The van der Waals surface area contributed by atoms with Crippen molar-refractivity contribution >= 4 is 23.2 Å². The fourth-order valence-electron chi connectivity index (χ4n) is 3.65. The third-order valence-corrected chi connectivity index (χ3v) is 5.72. The molecule has 26 heavy (non-hydrogen) atoms. The fourth-order valence-corrected chi connectivity index (χ4v) is 4.04. The molecule has 1 fully saturated rings. The molecule has 3 atom stereocenters. The number of ether oxygens (including phenoxy) is 1. The van der Waals surface area contributed by atoms with Crippen LogP contribution in [-0.4, -0.2) is 39.1 Å². The summed E-state index contributed by atoms with van der Waals surface area (Å²) in [4.78, 5) is 4.41. The second-order valence-corrected chi connectivity index (χ2v) is 7.71. The summed E-state index contributed by atoms with van der Waals surface area (Å²) in [7, 11) is 1.56. The van der Waals surface area contributed by atoms with Crippen LogP contribution < -0.4 is 10.1 Å². The molecule has 1 aliphatic rings. The van der Waals surface area contributed by atoms with Crippen LogP contribution in [0.3, 0.4) is 0 Å². The van der Waals surface area contributed by atoms with Crippen molar-refractivity contribution in [2.75, 3.05) is 7.11 Å². The SMILES string of the molecule is COc1nc(C)c(CN[C@@H]2CC(Cn3cc(Cl)cn3)C[C@H]2O)c(C)c1Cl. The van der Waals surface area contributed by atoms with Gasteiger partial charge >= 0.3 is 0 Å². The number of pyridine rings is 1. The molecule has 1 aliphatic carbocycles. The van der Waals surface area contributed by atoms with Crippen LogP contribution in [0.2, 0.25) is 10.0 Å². The van der Waals surface area contributed by atoms with E-state index in [2.05, 4.69) is 15.4 Å². The van der Waals surface area contributed by atoms with Gasteiger partial charge < -0.3 is 15.2 Å². The van der Waals surface area contributed by atoms with Crippen molar-refractivity contribution in [2.45, 2.75) is 51.9 Å². The van der Waals surface area contributed by atoms with Gasteiger partial charge in [0, 0.05) is 31.0 Å². The van der Waals surface area contributed by atoms with Crippen molar-refractivity contribution in [3.8, 4) is 5.88 Å². The molecule has 0 radical (unpaired) electrons. The molecule has 142 valence electrons. The first-order valence-corrected chi connectivity index (χ1v) is 9.43. The maximum absolute atomic E-state index is 10.4. The topological polar surface area (TPSA) is 72.2 Å². The summed E-state index contributed by atoms with van der Waals surface area (Å²) >= 11 is 12.2. The molecule has 1 saturated carbocycles. The van der Waals surface area contributed by atoms with Gasteiger partial charge in [-0.05, 0) is 43.7 Å². The van der Waals surface area contributed by atoms with E-state index < -0.39 is 0 Å². The highest BCUT2D eigenvalue weighted by Gasteiger charge is 2.33. The van der Waals surface area contributed by atoms with Gasteiger partial charge in [0.2, 0.25) is 5.88 Å². The third-order valence-electron chi connectivity index (χ3n) is 5.08. The average Bonchev–Trinajstić information content (AvgIpc) is 3.16. The van der Waals surface area contributed by atoms with Crippen LogP contribution in [0.25, 0.3) is 0 Å². The van der Waals surface area contributed by atoms with E-state index in [-0.39, 0.29) is 12.1 Å². The van der Waals surface area contributed by atoms with E-state index in [1.54, 1.807) is 13.3 Å². The quantitative estimate of drug-likeness (QED) is 0.781. The number of aliphatic hydroxyl groups is 1. The first kappa shape index (κ1) is 19.4. The lowest BCUT2D eigenvalue weighted by molar-refractivity contribution is 0.145. The predicted octanol–water partition coefficient (Wildman–Crippen LogP) is 3.14. The molecular formula is C18H24Cl2N4O2. The van der Waals surface area contributed by atoms with Gasteiger partial charge in [-0.25, -0.2) is 4.98 Å². The van der Waals surface area contributed by atoms with E-state index in [1.165, 1.54) is 0 Å². The highest BCUT2D eigenvalue weighted by molar-refractivity contribution is 6.32. The predicted molar refractivity (Wildman–Crippen MR) is 102 cm³/mol. The zero-order valence-electron chi connectivity index (χ0n) is 15.2. The number of nitrogens with zero attached hydrogens (tertiary/aromatic N) is 3. The van der Waals surface area contributed by atoms with Crippen molar-refractivity contribution in [3.63, 3.8) is 0 Å². The van der Waals surface area contributed by atoms with Crippen LogP contribution in [0.4, 0.5) is 0 Å². The minimum atomic E-state index is -0.381. The Labute approximate surface area is 163 Å². The summed E-state index contributed by atoms with van der Waals surface area (Å²) in [6, 6.07) is 0.0331. The number of halogens is 2. The van der Waals surface area contributed by atoms with E-state index >= 15 is 0 Å². The first-order chi connectivity index (χ1) is 12.4. The minimum Gasteiger partial charge on any atom is -0.480 e. The Hall–Kier alpha value is -1.34. The summed E-state index contributed by atoms with van der Waals surface area (Å²) in [6.07, 6.45) is 4.69. The number of hydrogen-bond donors (Lipinski definition) is 2. The summed E-state index contributed by atoms with van der Waals surface area (Å²) in [5.41, 5.74) is 2.88. The van der Waals surface area contributed by atoms with Crippen LogP contribution in [0.5, 0.6) is 5.88 Å². The maximum Gasteiger partial charge on any atom is 0.232 e. The molecule has 0 aliphatic heterocycles. The lowest BCUT2D eigenvalue weighted by Gasteiger charge is -2.19. The van der Waals surface area contributed by atoms with Gasteiger partial charge in [0.05, 0.1) is 24.4 Å². The first-order valence-electron chi connectivity index (χ1n) is 8.68. The van der Waals surface area contributed by atoms with Crippen LogP contribution in [0.1, 0.15) is 29.7 Å². The van der Waals surface area contributed by atoms with Gasteiger partial charge in [0.25, 0.3) is 0 Å². The molecule has 0 aromatic carbocycles. The van der Waals surface area contributed by atoms with Gasteiger partial charge in [-0.1, -0.05) is 23.2 Å². The second-order valence-electron chi connectivity index (χ2n) is 6.90. The van der Waals surface area contributed by atoms with E-state index in [9.17, 15) is 5.11 Å². The Morgan fingerprint density at radius 1 is 1.35 bits per heavy atom. The Morgan fingerprint density at radius 3 is 2.77 bits per heavy atom. The Bertz CT molecular complexity index is 781. The maximum atomic E-state index is 10.4. The smallest absolute Gasteiger partial charge is 0.232 e. The number of hydrogen-bond acceptors (Lipinski definition) is 5. The molecule has 0 amide bonds. The van der Waals surface area contributed by atoms with Crippen LogP contribution >= 0.6 is 23.2 Å². The fraction of sp³-hybridized carbons (Fsp3) is 0.556. The van der Waals surface area contributed by atoms with Gasteiger partial charge in [0.15, 0.2) is 0 Å². The molecule has 3 rings (SSSR count). The molecule has 2 heterocycles. The number of nitrogens with one attached hydrogen (secondary N) is 1. The zero-order chi connectivity index (χ0) is 18.8. The van der Waals surface area contributed by atoms with Crippen molar-refractivity contribution in [2.24, 2.45) is 5.92 Å². The van der Waals surface area contributed by atoms with E-state index in [0.29, 0.717) is 28.4 Å². The van der Waals surface area contributed by atoms with Crippen LogP contribution in [-0.2, 0) is 13.1 Å². The number of methoxy groups -OCH3 is 1. The molecule has 2 aromatic heterocycles. The molecule has 0 spiro atoms. The van der Waals surface area contributed by atoms with Gasteiger partial charge in [-0.3, -0.25) is 4.68 Å². The summed E-state index contributed by atoms with van der Waals surface area (Å²) < 4.78 is 7.04. The van der Waals surface area contributed by atoms with E-state index in [1.807, 2.05) is 24.7 Å². The average molecular weight is 399 g/mol. The van der Waals surface area contributed by atoms with Crippen molar-refractivity contribution < 1.29 is 9.84 Å². The van der Waals surface area contributed by atoms with Crippen molar-refractivity contribution in [3.05, 3.63) is 39.3 Å². The van der Waals surface area contributed by atoms with Gasteiger partial charge in [0.1, 0.15) is 5.02 Å². The number of aryl methyl sites for hydroxylation is 1. The van der Waals surface area contributed by atoms with Crippen LogP contribution in [0, 0.1) is 19.8 Å². The molecule has 8 heteroatoms.